The van der Waals surface area contributed by atoms with Gasteiger partial charge in [0, 0.05) is 13.5 Å². The molecule has 3 N–H and O–H groups in total. The molecule has 0 saturated carbocycles. The number of carboxylic acid groups (broad SMARTS) is 1. The van der Waals surface area contributed by atoms with Gasteiger partial charge >= 0.3 is 6.09 Å². The lowest BCUT2D eigenvalue weighted by atomic mass is 10.2. The van der Waals surface area contributed by atoms with E-state index in [0.29, 0.717) is 19.4 Å². The maximum absolute atomic E-state index is 11.4. The predicted molar refractivity (Wildman–Crippen MR) is 49.7 cm³/mol. The van der Waals surface area contributed by atoms with Gasteiger partial charge < -0.3 is 5.11 Å². The molecule has 0 radical (unpaired) electrons. The molecule has 1 heterocycles. The van der Waals surface area contributed by atoms with E-state index in [9.17, 15) is 14.4 Å². The van der Waals surface area contributed by atoms with E-state index >= 15 is 0 Å². The van der Waals surface area contributed by atoms with E-state index in [2.05, 4.69) is 10.9 Å². The number of nitrogens with zero attached hydrogens (tertiary/aromatic N) is 1. The standard InChI is InChI=1S/C8H13N3O4/c1-5(12)9-10-7(13)6-3-2-4-11(6)8(14)15/h6H,2-4H2,1H3,(H,9,12)(H,10,13)(H,14,15). The first kappa shape index (κ1) is 11.3. The van der Waals surface area contributed by atoms with Crippen LogP contribution >= 0.6 is 0 Å². The van der Waals surface area contributed by atoms with Crippen molar-refractivity contribution >= 4 is 17.9 Å². The number of carbonyl (C=O) groups excluding carboxylic acids is 2. The van der Waals surface area contributed by atoms with Crippen molar-refractivity contribution in [3.63, 3.8) is 0 Å². The Kier molecular flexibility index (Phi) is 3.48. The van der Waals surface area contributed by atoms with Crippen molar-refractivity contribution < 1.29 is 19.5 Å². The van der Waals surface area contributed by atoms with Crippen LogP contribution in [-0.2, 0) is 9.59 Å². The Labute approximate surface area is 86.4 Å². The SMILES string of the molecule is CC(=O)NNC(=O)C1CCCN1C(=O)O. The lowest BCUT2D eigenvalue weighted by Gasteiger charge is -2.20. The molecule has 1 unspecified atom stereocenters. The van der Waals surface area contributed by atoms with Crippen LogP contribution in [0.15, 0.2) is 0 Å². The average Bonchev–Trinajstić information content (AvgIpc) is 2.62. The van der Waals surface area contributed by atoms with Crippen molar-refractivity contribution in [3.05, 3.63) is 0 Å². The van der Waals surface area contributed by atoms with Gasteiger partial charge in [0.1, 0.15) is 6.04 Å². The molecule has 0 bridgehead atoms. The Morgan fingerprint density at radius 3 is 2.53 bits per heavy atom. The molecule has 1 atom stereocenters. The largest absolute Gasteiger partial charge is 0.465 e. The number of rotatable bonds is 1. The van der Waals surface area contributed by atoms with Gasteiger partial charge in [-0.3, -0.25) is 25.3 Å². The first-order chi connectivity index (χ1) is 7.02. The van der Waals surface area contributed by atoms with Crippen molar-refractivity contribution in [1.29, 1.82) is 0 Å². The molecule has 0 aromatic rings. The zero-order chi connectivity index (χ0) is 11.4. The highest BCUT2D eigenvalue weighted by Gasteiger charge is 2.33. The lowest BCUT2D eigenvalue weighted by molar-refractivity contribution is -0.130. The highest BCUT2D eigenvalue weighted by Crippen LogP contribution is 2.16. The van der Waals surface area contributed by atoms with E-state index in [1.54, 1.807) is 0 Å². The Morgan fingerprint density at radius 2 is 2.00 bits per heavy atom. The molecule has 7 nitrogen and oxygen atoms in total. The Balaban J connectivity index is 2.51. The van der Waals surface area contributed by atoms with Gasteiger partial charge in [0.25, 0.3) is 5.91 Å². The number of likely N-dealkylation sites (tertiary alicyclic amines) is 1. The van der Waals surface area contributed by atoms with Gasteiger partial charge in [-0.25, -0.2) is 4.79 Å². The number of carbonyl (C=O) groups is 3. The summed E-state index contributed by atoms with van der Waals surface area (Å²) < 4.78 is 0. The van der Waals surface area contributed by atoms with Crippen LogP contribution in [0.1, 0.15) is 19.8 Å². The summed E-state index contributed by atoms with van der Waals surface area (Å²) in [5.74, 6) is -0.895. The van der Waals surface area contributed by atoms with Gasteiger partial charge in [0.2, 0.25) is 5.91 Å². The highest BCUT2D eigenvalue weighted by molar-refractivity contribution is 5.87. The van der Waals surface area contributed by atoms with E-state index in [4.69, 9.17) is 5.11 Å². The van der Waals surface area contributed by atoms with Crippen LogP contribution in [0.4, 0.5) is 4.79 Å². The molecule has 1 aliphatic rings. The molecule has 1 saturated heterocycles. The fourth-order valence-corrected chi connectivity index (χ4v) is 1.50. The summed E-state index contributed by atoms with van der Waals surface area (Å²) in [5.41, 5.74) is 4.29. The number of amides is 3. The maximum Gasteiger partial charge on any atom is 0.407 e. The average molecular weight is 215 g/mol. The smallest absolute Gasteiger partial charge is 0.407 e. The summed E-state index contributed by atoms with van der Waals surface area (Å²) in [6, 6.07) is -0.700. The summed E-state index contributed by atoms with van der Waals surface area (Å²) in [6.45, 7) is 1.61. The molecule has 15 heavy (non-hydrogen) atoms. The summed E-state index contributed by atoms with van der Waals surface area (Å²) in [6.07, 6.45) is 0.0257. The molecule has 3 amide bonds. The second-order valence-corrected chi connectivity index (χ2v) is 3.30. The van der Waals surface area contributed by atoms with Gasteiger partial charge in [-0.05, 0) is 12.8 Å². The summed E-state index contributed by atoms with van der Waals surface area (Å²) in [7, 11) is 0. The van der Waals surface area contributed by atoms with Gasteiger partial charge in [-0.15, -0.1) is 0 Å². The van der Waals surface area contributed by atoms with Crippen LogP contribution in [-0.4, -0.2) is 40.5 Å². The molecular formula is C8H13N3O4. The monoisotopic (exact) mass is 215 g/mol. The molecule has 0 aliphatic carbocycles. The van der Waals surface area contributed by atoms with Gasteiger partial charge in [0.15, 0.2) is 0 Å². The van der Waals surface area contributed by atoms with Gasteiger partial charge in [-0.1, -0.05) is 0 Å². The lowest BCUT2D eigenvalue weighted by Crippen LogP contribution is -2.50. The van der Waals surface area contributed by atoms with Crippen molar-refractivity contribution in [2.45, 2.75) is 25.8 Å². The normalized spacial score (nSPS) is 19.8. The van der Waals surface area contributed by atoms with E-state index in [1.807, 2.05) is 0 Å². The quantitative estimate of drug-likeness (QED) is 0.503. The summed E-state index contributed by atoms with van der Waals surface area (Å²) in [5, 5.41) is 8.77. The predicted octanol–water partition coefficient (Wildman–Crippen LogP) is -0.704. The second-order valence-electron chi connectivity index (χ2n) is 3.30. The molecule has 1 aliphatic heterocycles. The summed E-state index contributed by atoms with van der Waals surface area (Å²) >= 11 is 0. The minimum atomic E-state index is -1.12. The fourth-order valence-electron chi connectivity index (χ4n) is 1.50. The third-order valence-electron chi connectivity index (χ3n) is 2.16. The van der Waals surface area contributed by atoms with E-state index in [0.717, 1.165) is 4.90 Å². The number of nitrogens with one attached hydrogen (secondary N) is 2. The first-order valence-electron chi connectivity index (χ1n) is 4.58. The van der Waals surface area contributed by atoms with Crippen molar-refractivity contribution in [2.75, 3.05) is 6.54 Å². The molecule has 0 aromatic heterocycles. The Bertz CT molecular complexity index is 292. The van der Waals surface area contributed by atoms with Gasteiger partial charge in [-0.2, -0.15) is 0 Å². The molecule has 7 heteroatoms. The minimum Gasteiger partial charge on any atom is -0.465 e. The van der Waals surface area contributed by atoms with Crippen LogP contribution in [0.3, 0.4) is 0 Å². The zero-order valence-corrected chi connectivity index (χ0v) is 8.32. The minimum absolute atomic E-state index is 0.355. The third-order valence-corrected chi connectivity index (χ3v) is 2.16. The Hall–Kier alpha value is -1.79. The van der Waals surface area contributed by atoms with Crippen LogP contribution in [0, 0.1) is 0 Å². The van der Waals surface area contributed by atoms with E-state index in [-0.39, 0.29) is 0 Å². The van der Waals surface area contributed by atoms with Crippen LogP contribution in [0.2, 0.25) is 0 Å². The number of hydrazine groups is 1. The highest BCUT2D eigenvalue weighted by atomic mass is 16.4. The zero-order valence-electron chi connectivity index (χ0n) is 8.32. The van der Waals surface area contributed by atoms with Gasteiger partial charge in [0.05, 0.1) is 0 Å². The molecule has 1 fully saturated rings. The van der Waals surface area contributed by atoms with E-state index < -0.39 is 23.9 Å². The van der Waals surface area contributed by atoms with Crippen molar-refractivity contribution in [3.8, 4) is 0 Å². The van der Waals surface area contributed by atoms with Crippen molar-refractivity contribution in [1.82, 2.24) is 15.8 Å². The maximum atomic E-state index is 11.4. The fraction of sp³-hybridized carbons (Fsp3) is 0.625. The molecular weight excluding hydrogens is 202 g/mol. The topological polar surface area (TPSA) is 98.7 Å². The third kappa shape index (κ3) is 2.83. The number of hydrogen-bond acceptors (Lipinski definition) is 3. The molecule has 0 aromatic carbocycles. The second kappa shape index (κ2) is 4.63. The summed E-state index contributed by atoms with van der Waals surface area (Å²) in [4.78, 5) is 33.7. The molecule has 0 spiro atoms. The Morgan fingerprint density at radius 1 is 1.33 bits per heavy atom. The van der Waals surface area contributed by atoms with Crippen LogP contribution < -0.4 is 10.9 Å². The molecule has 84 valence electrons. The van der Waals surface area contributed by atoms with Crippen LogP contribution in [0.5, 0.6) is 0 Å². The van der Waals surface area contributed by atoms with Crippen LogP contribution in [0.25, 0.3) is 0 Å². The van der Waals surface area contributed by atoms with Crippen molar-refractivity contribution in [2.24, 2.45) is 0 Å². The first-order valence-corrected chi connectivity index (χ1v) is 4.58. The van der Waals surface area contributed by atoms with E-state index in [1.165, 1.54) is 6.92 Å². The number of hydrogen-bond donors (Lipinski definition) is 3. The molecule has 1 rings (SSSR count).